The van der Waals surface area contributed by atoms with E-state index < -0.39 is 0 Å². The molecule has 84 valence electrons. The van der Waals surface area contributed by atoms with Gasteiger partial charge < -0.3 is 4.90 Å². The molecule has 1 heterocycles. The van der Waals surface area contributed by atoms with Crippen LogP contribution in [0.15, 0.2) is 22.7 Å². The Balaban J connectivity index is 1.83. The van der Waals surface area contributed by atoms with Gasteiger partial charge in [-0.25, -0.2) is 0 Å². The molecule has 1 aliphatic carbocycles. The monoisotopic (exact) mass is 391 g/mol. The summed E-state index contributed by atoms with van der Waals surface area (Å²) in [4.78, 5) is 14.3. The molecule has 0 bridgehead atoms. The summed E-state index contributed by atoms with van der Waals surface area (Å²) >= 11 is 5.64. The van der Waals surface area contributed by atoms with E-state index in [9.17, 15) is 4.79 Å². The van der Waals surface area contributed by atoms with Crippen LogP contribution in [0.5, 0.6) is 0 Å². The lowest BCUT2D eigenvalue weighted by Crippen LogP contribution is -2.30. The second kappa shape index (κ2) is 3.98. The minimum Gasteiger partial charge on any atom is -0.338 e. The largest absolute Gasteiger partial charge is 0.338 e. The maximum absolute atomic E-state index is 12.3. The van der Waals surface area contributed by atoms with Crippen LogP contribution in [0.4, 0.5) is 0 Å². The van der Waals surface area contributed by atoms with Gasteiger partial charge in [-0.15, -0.1) is 0 Å². The van der Waals surface area contributed by atoms with Gasteiger partial charge in [-0.1, -0.05) is 15.9 Å². The van der Waals surface area contributed by atoms with Gasteiger partial charge in [0, 0.05) is 21.1 Å². The molecule has 2 fully saturated rings. The van der Waals surface area contributed by atoms with Crippen molar-refractivity contribution >= 4 is 44.4 Å². The van der Waals surface area contributed by atoms with E-state index in [4.69, 9.17) is 0 Å². The minimum absolute atomic E-state index is 0.198. The van der Waals surface area contributed by atoms with Crippen molar-refractivity contribution < 1.29 is 4.79 Å². The van der Waals surface area contributed by atoms with Crippen LogP contribution in [-0.2, 0) is 0 Å². The third-order valence-electron chi connectivity index (χ3n) is 3.43. The van der Waals surface area contributed by atoms with Crippen LogP contribution in [0, 0.1) is 15.4 Å². The number of carbonyl (C=O) groups is 1. The van der Waals surface area contributed by atoms with Crippen LogP contribution in [-0.4, -0.2) is 23.9 Å². The molecule has 4 heteroatoms. The van der Waals surface area contributed by atoms with Crippen molar-refractivity contribution in [3.05, 3.63) is 31.8 Å². The molecule has 2 nitrogen and oxygen atoms in total. The molecule has 1 aromatic rings. The quantitative estimate of drug-likeness (QED) is 0.673. The average molecular weight is 392 g/mol. The Bertz CT molecular complexity index is 452. The summed E-state index contributed by atoms with van der Waals surface area (Å²) in [6, 6.07) is 5.84. The molecule has 16 heavy (non-hydrogen) atoms. The summed E-state index contributed by atoms with van der Waals surface area (Å²) < 4.78 is 2.05. The molecule has 1 amide bonds. The smallest absolute Gasteiger partial charge is 0.254 e. The number of rotatable bonds is 1. The Hall–Kier alpha value is -0.100. The Kier molecular flexibility index (Phi) is 2.74. The van der Waals surface area contributed by atoms with Gasteiger partial charge in [0.25, 0.3) is 5.91 Å². The first-order valence-corrected chi connectivity index (χ1v) is 7.26. The second-order valence-electron chi connectivity index (χ2n) is 4.59. The van der Waals surface area contributed by atoms with Gasteiger partial charge in [0.2, 0.25) is 0 Å². The Morgan fingerprint density at radius 2 is 2.06 bits per heavy atom. The van der Waals surface area contributed by atoms with Gasteiger partial charge in [0.1, 0.15) is 0 Å². The van der Waals surface area contributed by atoms with Gasteiger partial charge in [0.05, 0.1) is 5.56 Å². The molecule has 0 spiro atoms. The number of hydrogen-bond donors (Lipinski definition) is 0. The summed E-state index contributed by atoms with van der Waals surface area (Å²) in [5, 5.41) is 0. The third kappa shape index (κ3) is 1.90. The van der Waals surface area contributed by atoms with Crippen LogP contribution in [0.1, 0.15) is 16.8 Å². The number of halogens is 2. The number of carbonyl (C=O) groups excluding carboxylic acids is 1. The molecule has 0 aromatic heterocycles. The molecule has 1 aliphatic heterocycles. The molecule has 0 N–H and O–H groups in total. The summed E-state index contributed by atoms with van der Waals surface area (Å²) in [6.45, 7) is 1.94. The SMILES string of the molecule is O=C(c1ccc(Br)cc1I)N1CC2CC2C1. The fourth-order valence-electron chi connectivity index (χ4n) is 2.40. The maximum Gasteiger partial charge on any atom is 0.254 e. The highest BCUT2D eigenvalue weighted by atomic mass is 127. The number of fused-ring (bicyclic) bond motifs is 1. The Morgan fingerprint density at radius 1 is 1.38 bits per heavy atom. The first-order valence-electron chi connectivity index (χ1n) is 5.39. The van der Waals surface area contributed by atoms with E-state index in [0.717, 1.165) is 38.5 Å². The predicted molar refractivity (Wildman–Crippen MR) is 74.4 cm³/mol. The third-order valence-corrected chi connectivity index (χ3v) is 4.81. The Labute approximate surface area is 117 Å². The van der Waals surface area contributed by atoms with Gasteiger partial charge >= 0.3 is 0 Å². The molecule has 3 rings (SSSR count). The maximum atomic E-state index is 12.3. The van der Waals surface area contributed by atoms with Crippen molar-refractivity contribution in [3.63, 3.8) is 0 Å². The van der Waals surface area contributed by atoms with Gasteiger partial charge in [-0.3, -0.25) is 4.79 Å². The molecular formula is C12H11BrINO. The molecule has 2 atom stereocenters. The predicted octanol–water partition coefficient (Wildman–Crippen LogP) is 3.15. The first-order chi connectivity index (χ1) is 7.65. The second-order valence-corrected chi connectivity index (χ2v) is 6.67. The van der Waals surface area contributed by atoms with Gasteiger partial charge in [-0.2, -0.15) is 0 Å². The zero-order chi connectivity index (χ0) is 11.3. The highest BCUT2D eigenvalue weighted by molar-refractivity contribution is 14.1. The number of amides is 1. The number of hydrogen-bond acceptors (Lipinski definition) is 1. The molecule has 1 saturated heterocycles. The average Bonchev–Trinajstić information content (AvgIpc) is 2.85. The van der Waals surface area contributed by atoms with Crippen LogP contribution in [0.25, 0.3) is 0 Å². The zero-order valence-electron chi connectivity index (χ0n) is 8.62. The fourth-order valence-corrected chi connectivity index (χ4v) is 3.93. The lowest BCUT2D eigenvalue weighted by Gasteiger charge is -2.18. The highest BCUT2D eigenvalue weighted by Crippen LogP contribution is 2.45. The molecule has 1 saturated carbocycles. The molecule has 2 aliphatic rings. The molecule has 1 aromatic carbocycles. The molecular weight excluding hydrogens is 381 g/mol. The number of likely N-dealkylation sites (tertiary alicyclic amines) is 1. The lowest BCUT2D eigenvalue weighted by molar-refractivity contribution is 0.0774. The van der Waals surface area contributed by atoms with Crippen LogP contribution in [0.3, 0.4) is 0 Å². The minimum atomic E-state index is 0.198. The normalized spacial score (nSPS) is 26.8. The van der Waals surface area contributed by atoms with Crippen molar-refractivity contribution in [1.29, 1.82) is 0 Å². The first kappa shape index (κ1) is 11.0. The van der Waals surface area contributed by atoms with Crippen LogP contribution >= 0.6 is 38.5 Å². The topological polar surface area (TPSA) is 20.3 Å². The Morgan fingerprint density at radius 3 is 2.69 bits per heavy atom. The van der Waals surface area contributed by atoms with Crippen molar-refractivity contribution in [1.82, 2.24) is 4.90 Å². The van der Waals surface area contributed by atoms with E-state index in [1.54, 1.807) is 0 Å². The van der Waals surface area contributed by atoms with Gasteiger partial charge in [0.15, 0.2) is 0 Å². The standard InChI is InChI=1S/C12H11BrINO/c13-9-1-2-10(11(14)4-9)12(16)15-5-7-3-8(7)6-15/h1-2,4,7-8H,3,5-6H2. The van der Waals surface area contributed by atoms with E-state index in [-0.39, 0.29) is 5.91 Å². The van der Waals surface area contributed by atoms with Crippen molar-refractivity contribution in [2.24, 2.45) is 11.8 Å². The van der Waals surface area contributed by atoms with E-state index in [2.05, 4.69) is 38.5 Å². The zero-order valence-corrected chi connectivity index (χ0v) is 12.4. The van der Waals surface area contributed by atoms with Crippen molar-refractivity contribution in [3.8, 4) is 0 Å². The summed E-state index contributed by atoms with van der Waals surface area (Å²) in [7, 11) is 0. The summed E-state index contributed by atoms with van der Waals surface area (Å²) in [5.41, 5.74) is 0.838. The number of piperidine rings is 1. The fraction of sp³-hybridized carbons (Fsp3) is 0.417. The summed E-state index contributed by atoms with van der Waals surface area (Å²) in [6.07, 6.45) is 1.33. The number of benzene rings is 1. The van der Waals surface area contributed by atoms with E-state index in [0.29, 0.717) is 0 Å². The van der Waals surface area contributed by atoms with Crippen molar-refractivity contribution in [2.75, 3.05) is 13.1 Å². The lowest BCUT2D eigenvalue weighted by atomic mass is 10.2. The van der Waals surface area contributed by atoms with Crippen LogP contribution < -0.4 is 0 Å². The summed E-state index contributed by atoms with van der Waals surface area (Å²) in [5.74, 6) is 1.80. The van der Waals surface area contributed by atoms with E-state index >= 15 is 0 Å². The molecule has 2 unspecified atom stereocenters. The van der Waals surface area contributed by atoms with E-state index in [1.807, 2.05) is 23.1 Å². The van der Waals surface area contributed by atoms with Gasteiger partial charge in [-0.05, 0) is 59.0 Å². The number of nitrogens with zero attached hydrogens (tertiary/aromatic N) is 1. The highest BCUT2D eigenvalue weighted by Gasteiger charge is 2.46. The van der Waals surface area contributed by atoms with Crippen LogP contribution in [0.2, 0.25) is 0 Å². The van der Waals surface area contributed by atoms with E-state index in [1.165, 1.54) is 6.42 Å². The molecule has 0 radical (unpaired) electrons. The van der Waals surface area contributed by atoms with Crippen molar-refractivity contribution in [2.45, 2.75) is 6.42 Å².